The van der Waals surface area contributed by atoms with Crippen LogP contribution in [0.3, 0.4) is 0 Å². The predicted octanol–water partition coefficient (Wildman–Crippen LogP) is 6.70. The summed E-state index contributed by atoms with van der Waals surface area (Å²) in [5.74, 6) is -3.13. The van der Waals surface area contributed by atoms with Crippen LogP contribution in [0, 0.1) is 11.7 Å². The number of carboxylic acids is 1. The number of hydrogen-bond donors (Lipinski definition) is 1. The number of alkyl halides is 3. The van der Waals surface area contributed by atoms with Crippen molar-refractivity contribution in [1.82, 2.24) is 14.5 Å². The zero-order valence-corrected chi connectivity index (χ0v) is 25.2. The molecule has 45 heavy (non-hydrogen) atoms. The number of imidazole rings is 1. The SMILES string of the molecule is C[C@]1(c2ccc(Cl)cc2F)Oc2cccc(C3CCN(Cc4nc(C(F)(F)F)c(C5CC5C(=O)O)n4C[C@@H]4CCO4)CC3)c2O1. The number of nitrogens with zero attached hydrogens (tertiary/aromatic N) is 3. The number of benzene rings is 2. The minimum atomic E-state index is -4.70. The lowest BCUT2D eigenvalue weighted by atomic mass is 9.88. The first-order chi connectivity index (χ1) is 21.4. The summed E-state index contributed by atoms with van der Waals surface area (Å²) in [6, 6.07) is 9.96. The quantitative estimate of drug-likeness (QED) is 0.272. The number of carbonyl (C=O) groups is 1. The highest BCUT2D eigenvalue weighted by atomic mass is 35.5. The number of rotatable bonds is 8. The summed E-state index contributed by atoms with van der Waals surface area (Å²) < 4.78 is 77.0. The van der Waals surface area contributed by atoms with E-state index in [4.69, 9.17) is 25.8 Å². The molecule has 0 bridgehead atoms. The van der Waals surface area contributed by atoms with Gasteiger partial charge in [0.25, 0.3) is 5.79 Å². The number of para-hydroxylation sites is 1. The third-order valence-electron chi connectivity index (χ3n) is 9.42. The van der Waals surface area contributed by atoms with E-state index in [1.54, 1.807) is 29.7 Å². The Kier molecular flexibility index (Phi) is 7.52. The summed E-state index contributed by atoms with van der Waals surface area (Å²) in [4.78, 5) is 17.8. The van der Waals surface area contributed by atoms with Gasteiger partial charge in [0, 0.05) is 30.0 Å². The van der Waals surface area contributed by atoms with Crippen molar-refractivity contribution in [3.63, 3.8) is 0 Å². The molecule has 0 spiro atoms. The van der Waals surface area contributed by atoms with Gasteiger partial charge in [-0.3, -0.25) is 9.69 Å². The normalized spacial score (nSPS) is 26.6. The third-order valence-corrected chi connectivity index (χ3v) is 9.65. The Bertz CT molecular complexity index is 1640. The van der Waals surface area contributed by atoms with E-state index in [-0.39, 0.29) is 53.6 Å². The molecular formula is C32H32ClF4N3O5. The largest absolute Gasteiger partial charge is 0.481 e. The standard InChI is InChI=1S/C32H32ClF4N3O5/c1-31(23-6-5-18(33)13-24(23)34)44-25-4-2-3-20(28(25)45-31)17-7-10-39(11-8-17)16-26-38-29(32(35,36)37)27(21-14-22(21)30(41)42)40(26)15-19-9-12-43-19/h2-6,13,17,19,21-22H,7-12,14-16H2,1H3,(H,41,42)/t19-,21?,22?,31-/m0/s1. The van der Waals surface area contributed by atoms with Crippen molar-refractivity contribution >= 4 is 17.6 Å². The maximum atomic E-state index is 14.8. The molecule has 1 aliphatic carbocycles. The first-order valence-corrected chi connectivity index (χ1v) is 15.5. The molecule has 1 aromatic heterocycles. The molecule has 3 aromatic rings. The van der Waals surface area contributed by atoms with Crippen molar-refractivity contribution in [1.29, 1.82) is 0 Å². The molecule has 4 aliphatic rings. The van der Waals surface area contributed by atoms with Gasteiger partial charge in [-0.1, -0.05) is 23.7 Å². The molecule has 4 atom stereocenters. The van der Waals surface area contributed by atoms with Crippen LogP contribution in [0.25, 0.3) is 0 Å². The fourth-order valence-corrected chi connectivity index (χ4v) is 7.02. The summed E-state index contributed by atoms with van der Waals surface area (Å²) in [7, 11) is 0. The van der Waals surface area contributed by atoms with Gasteiger partial charge in [-0.25, -0.2) is 9.37 Å². The van der Waals surface area contributed by atoms with Crippen molar-refractivity contribution in [2.24, 2.45) is 5.92 Å². The number of ether oxygens (including phenoxy) is 3. The van der Waals surface area contributed by atoms with Gasteiger partial charge in [-0.05, 0) is 69.0 Å². The van der Waals surface area contributed by atoms with E-state index < -0.39 is 41.3 Å². The Morgan fingerprint density at radius 1 is 1.16 bits per heavy atom. The number of halogens is 5. The van der Waals surface area contributed by atoms with E-state index in [0.717, 1.165) is 12.0 Å². The molecule has 1 N–H and O–H groups in total. The van der Waals surface area contributed by atoms with Crippen LogP contribution < -0.4 is 9.47 Å². The Labute approximate surface area is 261 Å². The number of likely N-dealkylation sites (tertiary alicyclic amines) is 1. The molecule has 13 heteroatoms. The summed E-state index contributed by atoms with van der Waals surface area (Å²) in [6.45, 7) is 3.83. The van der Waals surface area contributed by atoms with Crippen LogP contribution in [0.5, 0.6) is 11.5 Å². The second kappa shape index (κ2) is 11.2. The smallest absolute Gasteiger partial charge is 0.435 e. The van der Waals surface area contributed by atoms with Crippen LogP contribution >= 0.6 is 11.6 Å². The fourth-order valence-electron chi connectivity index (χ4n) is 6.86. The summed E-state index contributed by atoms with van der Waals surface area (Å²) >= 11 is 5.94. The van der Waals surface area contributed by atoms with Gasteiger partial charge in [-0.15, -0.1) is 0 Å². The fraction of sp³-hybridized carbons (Fsp3) is 0.500. The maximum absolute atomic E-state index is 14.8. The van der Waals surface area contributed by atoms with Crippen LogP contribution in [-0.4, -0.2) is 51.3 Å². The second-order valence-electron chi connectivity index (χ2n) is 12.4. The summed E-state index contributed by atoms with van der Waals surface area (Å²) in [5, 5.41) is 9.75. The Hall–Kier alpha value is -3.35. The van der Waals surface area contributed by atoms with E-state index in [0.29, 0.717) is 44.0 Å². The van der Waals surface area contributed by atoms with Gasteiger partial charge in [-0.2, -0.15) is 13.2 Å². The average Bonchev–Trinajstić information content (AvgIpc) is 3.55. The van der Waals surface area contributed by atoms with E-state index in [2.05, 4.69) is 9.88 Å². The van der Waals surface area contributed by atoms with Gasteiger partial charge >= 0.3 is 12.1 Å². The van der Waals surface area contributed by atoms with E-state index >= 15 is 0 Å². The van der Waals surface area contributed by atoms with Crippen LogP contribution in [0.15, 0.2) is 36.4 Å². The minimum absolute atomic E-state index is 0.0348. The molecule has 2 aromatic carbocycles. The minimum Gasteiger partial charge on any atom is -0.481 e. The average molecular weight is 650 g/mol. The van der Waals surface area contributed by atoms with Crippen molar-refractivity contribution in [3.05, 3.63) is 75.6 Å². The molecule has 7 rings (SSSR count). The lowest BCUT2D eigenvalue weighted by Crippen LogP contribution is -2.36. The maximum Gasteiger partial charge on any atom is 0.435 e. The molecule has 0 amide bonds. The van der Waals surface area contributed by atoms with Gasteiger partial charge in [0.2, 0.25) is 0 Å². The molecule has 240 valence electrons. The first-order valence-electron chi connectivity index (χ1n) is 15.1. The van der Waals surface area contributed by atoms with Crippen LogP contribution in [0.2, 0.25) is 5.02 Å². The molecule has 0 radical (unpaired) electrons. The van der Waals surface area contributed by atoms with E-state index in [1.165, 1.54) is 6.07 Å². The van der Waals surface area contributed by atoms with Gasteiger partial charge in [0.15, 0.2) is 17.2 Å². The molecule has 3 aliphatic heterocycles. The summed E-state index contributed by atoms with van der Waals surface area (Å²) in [6.07, 6.45) is -2.61. The number of piperidine rings is 1. The number of fused-ring (bicyclic) bond motifs is 1. The van der Waals surface area contributed by atoms with Crippen LogP contribution in [0.1, 0.15) is 72.8 Å². The monoisotopic (exact) mass is 649 g/mol. The van der Waals surface area contributed by atoms with Gasteiger partial charge in [0.1, 0.15) is 11.6 Å². The van der Waals surface area contributed by atoms with E-state index in [1.807, 2.05) is 12.1 Å². The molecule has 2 unspecified atom stereocenters. The molecule has 2 saturated heterocycles. The number of carboxylic acid groups (broad SMARTS) is 1. The summed E-state index contributed by atoms with van der Waals surface area (Å²) in [5.41, 5.74) is 0.138. The molecule has 8 nitrogen and oxygen atoms in total. The lowest BCUT2D eigenvalue weighted by Gasteiger charge is -2.33. The second-order valence-corrected chi connectivity index (χ2v) is 12.9. The zero-order valence-electron chi connectivity index (χ0n) is 24.4. The van der Waals surface area contributed by atoms with Gasteiger partial charge in [0.05, 0.1) is 36.4 Å². The van der Waals surface area contributed by atoms with Crippen molar-refractivity contribution in [3.8, 4) is 11.5 Å². The number of hydrogen-bond acceptors (Lipinski definition) is 6. The Morgan fingerprint density at radius 3 is 2.53 bits per heavy atom. The van der Waals surface area contributed by atoms with E-state index in [9.17, 15) is 27.5 Å². The van der Waals surface area contributed by atoms with Crippen molar-refractivity contribution in [2.45, 2.75) is 75.6 Å². The lowest BCUT2D eigenvalue weighted by molar-refractivity contribution is -0.142. The molecule has 1 saturated carbocycles. The Morgan fingerprint density at radius 2 is 1.91 bits per heavy atom. The predicted molar refractivity (Wildman–Crippen MR) is 154 cm³/mol. The van der Waals surface area contributed by atoms with Crippen LogP contribution in [-0.2, 0) is 34.6 Å². The highest BCUT2D eigenvalue weighted by Gasteiger charge is 2.52. The van der Waals surface area contributed by atoms with Gasteiger partial charge < -0.3 is 23.9 Å². The molecular weight excluding hydrogens is 618 g/mol. The highest BCUT2D eigenvalue weighted by Crippen LogP contribution is 2.52. The van der Waals surface area contributed by atoms with Crippen molar-refractivity contribution < 1.29 is 41.7 Å². The molecule has 4 heterocycles. The zero-order chi connectivity index (χ0) is 31.7. The topological polar surface area (TPSA) is 86.1 Å². The van der Waals surface area contributed by atoms with Crippen molar-refractivity contribution in [2.75, 3.05) is 19.7 Å². The Balaban J connectivity index is 1.09. The third kappa shape index (κ3) is 5.65. The van der Waals surface area contributed by atoms with Crippen LogP contribution in [0.4, 0.5) is 17.6 Å². The first kappa shape index (κ1) is 30.3. The highest BCUT2D eigenvalue weighted by molar-refractivity contribution is 6.30. The number of aromatic nitrogens is 2. The number of aliphatic carboxylic acids is 1. The molecule has 3 fully saturated rings.